The van der Waals surface area contributed by atoms with Crippen molar-refractivity contribution in [2.45, 2.75) is 19.4 Å². The molecule has 0 aliphatic carbocycles. The lowest BCUT2D eigenvalue weighted by molar-refractivity contribution is 0.204. The van der Waals surface area contributed by atoms with E-state index in [0.29, 0.717) is 0 Å². The lowest BCUT2D eigenvalue weighted by Crippen LogP contribution is -2.33. The van der Waals surface area contributed by atoms with Crippen LogP contribution in [-0.4, -0.2) is 54.3 Å². The molecule has 2 heterocycles. The van der Waals surface area contributed by atoms with Gasteiger partial charge in [-0.15, -0.1) is 0 Å². The first kappa shape index (κ1) is 14.2. The first-order valence-electron chi connectivity index (χ1n) is 7.01. The fraction of sp³-hybridized carbons (Fsp3) is 0.643. The molecule has 1 atom stereocenters. The smallest absolute Gasteiger partial charge is 0.133 e. The van der Waals surface area contributed by atoms with Crippen LogP contribution in [0.1, 0.15) is 24.9 Å². The quantitative estimate of drug-likeness (QED) is 0.834. The lowest BCUT2D eigenvalue weighted by atomic mass is 10.1. The predicted octanol–water partition coefficient (Wildman–Crippen LogP) is 0.606. The van der Waals surface area contributed by atoms with Crippen LogP contribution in [-0.2, 0) is 0 Å². The fourth-order valence-corrected chi connectivity index (χ4v) is 2.58. The number of aliphatic hydroxyl groups is 1. The van der Waals surface area contributed by atoms with Crippen LogP contribution in [0.15, 0.2) is 18.3 Å². The van der Waals surface area contributed by atoms with Crippen molar-refractivity contribution in [3.8, 4) is 0 Å². The van der Waals surface area contributed by atoms with E-state index in [2.05, 4.69) is 20.9 Å². The van der Waals surface area contributed by atoms with Crippen LogP contribution < -0.4 is 10.6 Å². The second kappa shape index (κ2) is 6.84. The Kier molecular flexibility index (Phi) is 5.13. The maximum Gasteiger partial charge on any atom is 0.133 e. The molecule has 106 valence electrons. The Bertz CT molecular complexity index is 397. The molecule has 0 saturated carbocycles. The van der Waals surface area contributed by atoms with Crippen LogP contribution >= 0.6 is 0 Å². The number of hydrogen-bond donors (Lipinski definition) is 2. The molecule has 1 aromatic rings. The normalized spacial score (nSPS) is 19.2. The average Bonchev–Trinajstić information content (AvgIpc) is 2.65. The number of anilines is 1. The minimum Gasteiger partial charge on any atom is -0.395 e. The van der Waals surface area contributed by atoms with Gasteiger partial charge >= 0.3 is 0 Å². The van der Waals surface area contributed by atoms with E-state index in [0.717, 1.165) is 50.5 Å². The van der Waals surface area contributed by atoms with Crippen LogP contribution in [0.25, 0.3) is 0 Å². The lowest BCUT2D eigenvalue weighted by Gasteiger charge is -2.25. The number of β-amino-alcohol motifs (C(OH)–C–C–N with tert-alkyl or cyclic N) is 1. The SMILES string of the molecule is C[C@H](N)c1cccnc1N1CCCN(CCO)CC1. The van der Waals surface area contributed by atoms with E-state index in [-0.39, 0.29) is 12.6 Å². The van der Waals surface area contributed by atoms with Crippen LogP contribution in [0.5, 0.6) is 0 Å². The van der Waals surface area contributed by atoms with Crippen molar-refractivity contribution in [1.29, 1.82) is 0 Å². The molecule has 19 heavy (non-hydrogen) atoms. The summed E-state index contributed by atoms with van der Waals surface area (Å²) in [6, 6.07) is 4.00. The van der Waals surface area contributed by atoms with Crippen molar-refractivity contribution in [2.24, 2.45) is 5.73 Å². The van der Waals surface area contributed by atoms with E-state index in [1.807, 2.05) is 19.2 Å². The molecule has 1 aliphatic heterocycles. The van der Waals surface area contributed by atoms with Gasteiger partial charge in [-0.2, -0.15) is 0 Å². The van der Waals surface area contributed by atoms with Gasteiger partial charge in [0.25, 0.3) is 0 Å². The zero-order chi connectivity index (χ0) is 13.7. The van der Waals surface area contributed by atoms with Gasteiger partial charge < -0.3 is 15.7 Å². The number of nitrogens with zero attached hydrogens (tertiary/aromatic N) is 3. The Hall–Kier alpha value is -1.17. The highest BCUT2D eigenvalue weighted by molar-refractivity contribution is 5.48. The van der Waals surface area contributed by atoms with Gasteiger partial charge in [-0.05, 0) is 26.0 Å². The van der Waals surface area contributed by atoms with Gasteiger partial charge in [0, 0.05) is 44.0 Å². The first-order chi connectivity index (χ1) is 9.22. The molecular weight excluding hydrogens is 240 g/mol. The molecule has 5 heteroatoms. The second-order valence-corrected chi connectivity index (χ2v) is 5.11. The Morgan fingerprint density at radius 2 is 2.21 bits per heavy atom. The highest BCUT2D eigenvalue weighted by atomic mass is 16.3. The second-order valence-electron chi connectivity index (χ2n) is 5.11. The van der Waals surface area contributed by atoms with Gasteiger partial charge in [0.1, 0.15) is 5.82 Å². The number of aliphatic hydroxyl groups excluding tert-OH is 1. The minimum atomic E-state index is 0.000461. The molecule has 1 fully saturated rings. The topological polar surface area (TPSA) is 65.6 Å². The highest BCUT2D eigenvalue weighted by Gasteiger charge is 2.18. The molecule has 5 nitrogen and oxygen atoms in total. The molecule has 0 spiro atoms. The third kappa shape index (κ3) is 3.65. The molecule has 1 aliphatic rings. The Balaban J connectivity index is 2.10. The minimum absolute atomic E-state index is 0.000461. The van der Waals surface area contributed by atoms with Crippen LogP contribution in [0.2, 0.25) is 0 Å². The van der Waals surface area contributed by atoms with Crippen molar-refractivity contribution in [1.82, 2.24) is 9.88 Å². The van der Waals surface area contributed by atoms with E-state index in [9.17, 15) is 0 Å². The standard InChI is InChI=1S/C14H24N4O/c1-12(15)13-4-2-5-16-14(13)18-7-3-6-17(8-9-18)10-11-19/h2,4-5,12,19H,3,6-11,15H2,1H3/t12-/m0/s1. The molecule has 0 aromatic carbocycles. The van der Waals surface area contributed by atoms with Gasteiger partial charge in [0.05, 0.1) is 6.61 Å². The van der Waals surface area contributed by atoms with E-state index in [4.69, 9.17) is 10.8 Å². The molecular formula is C14H24N4O. The van der Waals surface area contributed by atoms with E-state index >= 15 is 0 Å². The summed E-state index contributed by atoms with van der Waals surface area (Å²) < 4.78 is 0. The zero-order valence-corrected chi connectivity index (χ0v) is 11.6. The average molecular weight is 264 g/mol. The number of aromatic nitrogens is 1. The molecule has 1 aromatic heterocycles. The molecule has 0 radical (unpaired) electrons. The van der Waals surface area contributed by atoms with Crippen LogP contribution in [0, 0.1) is 0 Å². The summed E-state index contributed by atoms with van der Waals surface area (Å²) in [4.78, 5) is 9.13. The zero-order valence-electron chi connectivity index (χ0n) is 11.6. The first-order valence-corrected chi connectivity index (χ1v) is 7.01. The van der Waals surface area contributed by atoms with Gasteiger partial charge in [-0.25, -0.2) is 4.98 Å². The highest BCUT2D eigenvalue weighted by Crippen LogP contribution is 2.23. The summed E-state index contributed by atoms with van der Waals surface area (Å²) in [5.74, 6) is 1.02. The van der Waals surface area contributed by atoms with Gasteiger partial charge in [0.2, 0.25) is 0 Å². The fourth-order valence-electron chi connectivity index (χ4n) is 2.58. The van der Waals surface area contributed by atoms with Crippen LogP contribution in [0.4, 0.5) is 5.82 Å². The summed E-state index contributed by atoms with van der Waals surface area (Å²) in [5.41, 5.74) is 7.13. The summed E-state index contributed by atoms with van der Waals surface area (Å²) in [6.45, 7) is 6.93. The molecule has 1 saturated heterocycles. The number of pyridine rings is 1. The maximum absolute atomic E-state index is 9.03. The molecule has 0 amide bonds. The summed E-state index contributed by atoms with van der Waals surface area (Å²) >= 11 is 0. The largest absolute Gasteiger partial charge is 0.395 e. The van der Waals surface area contributed by atoms with Crippen LogP contribution in [0.3, 0.4) is 0 Å². The Morgan fingerprint density at radius 1 is 1.37 bits per heavy atom. The predicted molar refractivity (Wildman–Crippen MR) is 77.2 cm³/mol. The monoisotopic (exact) mass is 264 g/mol. The van der Waals surface area contributed by atoms with Gasteiger partial charge in [-0.1, -0.05) is 6.07 Å². The van der Waals surface area contributed by atoms with Crippen molar-refractivity contribution in [3.63, 3.8) is 0 Å². The van der Waals surface area contributed by atoms with Crippen molar-refractivity contribution in [3.05, 3.63) is 23.9 Å². The Morgan fingerprint density at radius 3 is 2.95 bits per heavy atom. The third-order valence-electron chi connectivity index (χ3n) is 3.61. The van der Waals surface area contributed by atoms with E-state index in [1.165, 1.54) is 0 Å². The molecule has 2 rings (SSSR count). The van der Waals surface area contributed by atoms with Crippen molar-refractivity contribution in [2.75, 3.05) is 44.2 Å². The number of nitrogens with two attached hydrogens (primary N) is 1. The summed E-state index contributed by atoms with van der Waals surface area (Å²) in [6.07, 6.45) is 2.92. The van der Waals surface area contributed by atoms with E-state index < -0.39 is 0 Å². The summed E-state index contributed by atoms with van der Waals surface area (Å²) in [7, 11) is 0. The van der Waals surface area contributed by atoms with Gasteiger partial charge in [0.15, 0.2) is 0 Å². The number of rotatable bonds is 4. The van der Waals surface area contributed by atoms with E-state index in [1.54, 1.807) is 0 Å². The van der Waals surface area contributed by atoms with Gasteiger partial charge in [-0.3, -0.25) is 4.90 Å². The molecule has 0 bridgehead atoms. The number of hydrogen-bond acceptors (Lipinski definition) is 5. The Labute approximate surface area is 115 Å². The molecule has 0 unspecified atom stereocenters. The third-order valence-corrected chi connectivity index (χ3v) is 3.61. The molecule has 3 N–H and O–H groups in total. The van der Waals surface area contributed by atoms with Crippen molar-refractivity contribution < 1.29 is 5.11 Å². The summed E-state index contributed by atoms with van der Waals surface area (Å²) in [5, 5.41) is 9.03. The maximum atomic E-state index is 9.03. The van der Waals surface area contributed by atoms with Crippen molar-refractivity contribution >= 4 is 5.82 Å².